The zero-order valence-electron chi connectivity index (χ0n) is 17.6. The second-order valence-corrected chi connectivity index (χ2v) is 7.99. The Balaban J connectivity index is 0. The van der Waals surface area contributed by atoms with Gasteiger partial charge in [0.1, 0.15) is 0 Å². The average Bonchev–Trinajstić information content (AvgIpc) is 2.58. The summed E-state index contributed by atoms with van der Waals surface area (Å²) in [6.07, 6.45) is 14.0. The normalized spacial score (nSPS) is 12.4. The minimum absolute atomic E-state index is 0. The summed E-state index contributed by atoms with van der Waals surface area (Å²) in [5, 5.41) is 0. The van der Waals surface area contributed by atoms with Crippen LogP contribution in [0, 0.1) is 0 Å². The van der Waals surface area contributed by atoms with Gasteiger partial charge in [0.05, 0.1) is 13.2 Å². The van der Waals surface area contributed by atoms with E-state index in [9.17, 15) is 13.2 Å². The molecule has 0 aromatic carbocycles. The van der Waals surface area contributed by atoms with E-state index in [1.165, 1.54) is 26.4 Å². The predicted molar refractivity (Wildman–Crippen MR) is 109 cm³/mol. The van der Waals surface area contributed by atoms with Gasteiger partial charge in [-0.1, -0.05) is 77.6 Å². The molecular formula is C19H38NaO6S. The van der Waals surface area contributed by atoms with Gasteiger partial charge >= 0.3 is 16.4 Å². The van der Waals surface area contributed by atoms with Crippen molar-refractivity contribution in [3.05, 3.63) is 0 Å². The summed E-state index contributed by atoms with van der Waals surface area (Å²) >= 11 is 0. The summed E-state index contributed by atoms with van der Waals surface area (Å²) in [6.45, 7) is 2.18. The maximum atomic E-state index is 11.0. The van der Waals surface area contributed by atoms with Gasteiger partial charge in [0.25, 0.3) is 0 Å². The number of hydrogen-bond acceptors (Lipinski definition) is 5. The summed E-state index contributed by atoms with van der Waals surface area (Å²) in [6, 6.07) is 0. The van der Waals surface area contributed by atoms with Gasteiger partial charge in [0, 0.05) is 36.0 Å². The molecule has 157 valence electrons. The smallest absolute Gasteiger partial charge is 0.397 e. The number of carbonyl (C=O) groups excluding carboxylic acids is 1. The van der Waals surface area contributed by atoms with Crippen LogP contribution in [0.2, 0.25) is 0 Å². The van der Waals surface area contributed by atoms with Gasteiger partial charge in [-0.2, -0.15) is 8.42 Å². The molecule has 0 fully saturated rings. The summed E-state index contributed by atoms with van der Waals surface area (Å²) < 4.78 is 40.4. The third-order valence-electron chi connectivity index (χ3n) is 4.52. The van der Waals surface area contributed by atoms with Gasteiger partial charge in [-0.25, -0.2) is 4.18 Å². The number of methoxy groups -OCH3 is 1. The monoisotopic (exact) mass is 417 g/mol. The Bertz CT molecular complexity index is 441. The number of esters is 1. The molecule has 8 heteroatoms. The largest absolute Gasteiger partial charge is 0.469 e. The number of rotatable bonds is 18. The molecule has 0 amide bonds. The van der Waals surface area contributed by atoms with Crippen molar-refractivity contribution in [1.29, 1.82) is 0 Å². The summed E-state index contributed by atoms with van der Waals surface area (Å²) in [5.74, 6) is -0.162. The molecule has 0 aliphatic carbocycles. The van der Waals surface area contributed by atoms with Crippen LogP contribution in [-0.2, 0) is 24.1 Å². The molecule has 0 aromatic heterocycles. The van der Waals surface area contributed by atoms with E-state index in [1.807, 2.05) is 0 Å². The average molecular weight is 418 g/mol. The van der Waals surface area contributed by atoms with Crippen LogP contribution in [0.1, 0.15) is 103 Å². The summed E-state index contributed by atoms with van der Waals surface area (Å²) in [5.41, 5.74) is 0. The van der Waals surface area contributed by atoms with Crippen molar-refractivity contribution in [2.75, 3.05) is 7.11 Å². The predicted octanol–water partition coefficient (Wildman–Crippen LogP) is 4.84. The Hall–Kier alpha value is 0.340. The number of hydrogen-bond donors (Lipinski definition) is 1. The third-order valence-corrected chi connectivity index (χ3v) is 5.04. The van der Waals surface area contributed by atoms with E-state index >= 15 is 0 Å². The van der Waals surface area contributed by atoms with Crippen LogP contribution in [0.15, 0.2) is 0 Å². The van der Waals surface area contributed by atoms with Crippen molar-refractivity contribution < 1.29 is 26.7 Å². The Morgan fingerprint density at radius 3 is 1.74 bits per heavy atom. The van der Waals surface area contributed by atoms with Crippen LogP contribution in [-0.4, -0.2) is 61.7 Å². The standard InChI is InChI=1S/C19H38O6S.Na/c1-3-4-5-6-9-12-15-18(25-26(21,22)23)16-13-10-7-8-11-14-17-19(20)24-2;/h18H,3-17H2,1-2H3,(H,21,22,23);. The SMILES string of the molecule is CCCCCCCCC(CCCCCCCCC(=O)OC)OS(=O)(=O)O.[Na]. The van der Waals surface area contributed by atoms with Crippen LogP contribution < -0.4 is 0 Å². The molecule has 0 heterocycles. The van der Waals surface area contributed by atoms with Gasteiger partial charge in [-0.05, 0) is 19.3 Å². The second-order valence-electron chi connectivity index (χ2n) is 6.94. The van der Waals surface area contributed by atoms with Crippen LogP contribution in [0.5, 0.6) is 0 Å². The fourth-order valence-corrected chi connectivity index (χ4v) is 3.55. The van der Waals surface area contributed by atoms with Crippen LogP contribution in [0.25, 0.3) is 0 Å². The van der Waals surface area contributed by atoms with E-state index in [1.54, 1.807) is 0 Å². The molecule has 1 N–H and O–H groups in total. The Morgan fingerprint density at radius 2 is 1.30 bits per heavy atom. The molecule has 27 heavy (non-hydrogen) atoms. The molecule has 0 aliphatic rings. The van der Waals surface area contributed by atoms with Gasteiger partial charge in [0.15, 0.2) is 0 Å². The Morgan fingerprint density at radius 1 is 0.852 bits per heavy atom. The number of unbranched alkanes of at least 4 members (excludes halogenated alkanes) is 10. The molecule has 1 atom stereocenters. The molecule has 0 aliphatic heterocycles. The summed E-state index contributed by atoms with van der Waals surface area (Å²) in [4.78, 5) is 11.0. The fraction of sp³-hybridized carbons (Fsp3) is 0.947. The van der Waals surface area contributed by atoms with E-state index in [4.69, 9.17) is 8.74 Å². The van der Waals surface area contributed by atoms with Crippen molar-refractivity contribution in [3.8, 4) is 0 Å². The van der Waals surface area contributed by atoms with Crippen molar-refractivity contribution in [3.63, 3.8) is 0 Å². The minimum atomic E-state index is -4.38. The van der Waals surface area contributed by atoms with Crippen molar-refractivity contribution >= 4 is 45.9 Å². The molecule has 0 spiro atoms. The first-order chi connectivity index (χ1) is 12.4. The van der Waals surface area contributed by atoms with Crippen LogP contribution >= 0.6 is 0 Å². The van der Waals surface area contributed by atoms with E-state index in [0.29, 0.717) is 19.3 Å². The fourth-order valence-electron chi connectivity index (χ4n) is 3.02. The molecule has 0 saturated carbocycles. The topological polar surface area (TPSA) is 89.9 Å². The molecule has 6 nitrogen and oxygen atoms in total. The molecule has 0 rings (SSSR count). The first kappa shape index (κ1) is 29.5. The number of ether oxygens (including phenoxy) is 1. The molecule has 0 bridgehead atoms. The van der Waals surface area contributed by atoms with E-state index < -0.39 is 16.5 Å². The summed E-state index contributed by atoms with van der Waals surface area (Å²) in [7, 11) is -2.98. The zero-order chi connectivity index (χ0) is 19.7. The van der Waals surface area contributed by atoms with Gasteiger partial charge in [-0.3, -0.25) is 9.35 Å². The molecule has 0 aromatic rings. The van der Waals surface area contributed by atoms with Crippen molar-refractivity contribution in [1.82, 2.24) is 0 Å². The minimum Gasteiger partial charge on any atom is -0.469 e. The third kappa shape index (κ3) is 22.5. The van der Waals surface area contributed by atoms with E-state index in [2.05, 4.69) is 11.7 Å². The first-order valence-electron chi connectivity index (χ1n) is 10.1. The quantitative estimate of drug-likeness (QED) is 0.149. The number of carbonyl (C=O) groups is 1. The van der Waals surface area contributed by atoms with Gasteiger partial charge in [0.2, 0.25) is 0 Å². The first-order valence-corrected chi connectivity index (χ1v) is 11.5. The van der Waals surface area contributed by atoms with Crippen molar-refractivity contribution in [2.45, 2.75) is 109 Å². The molecule has 1 unspecified atom stereocenters. The van der Waals surface area contributed by atoms with Gasteiger partial charge in [-0.15, -0.1) is 0 Å². The van der Waals surface area contributed by atoms with E-state index in [-0.39, 0.29) is 35.5 Å². The zero-order valence-corrected chi connectivity index (χ0v) is 20.4. The Kier molecular flexibility index (Phi) is 21.5. The molecular weight excluding hydrogens is 379 g/mol. The maximum Gasteiger partial charge on any atom is 0.397 e. The second kappa shape index (κ2) is 19.6. The maximum absolute atomic E-state index is 11.0. The van der Waals surface area contributed by atoms with E-state index in [0.717, 1.165) is 57.8 Å². The molecule has 0 saturated heterocycles. The Labute approximate surface area is 188 Å². The molecule has 1 radical (unpaired) electrons. The van der Waals surface area contributed by atoms with Crippen molar-refractivity contribution in [2.24, 2.45) is 0 Å². The van der Waals surface area contributed by atoms with Gasteiger partial charge < -0.3 is 4.74 Å². The van der Waals surface area contributed by atoms with Crippen LogP contribution in [0.4, 0.5) is 0 Å². The van der Waals surface area contributed by atoms with Crippen LogP contribution in [0.3, 0.4) is 0 Å².